The monoisotopic (exact) mass is 266 g/mol. The zero-order valence-corrected chi connectivity index (χ0v) is 12.9. The lowest BCUT2D eigenvalue weighted by atomic mass is 9.92. The smallest absolute Gasteiger partial charge is 0.101 e. The molecule has 0 bridgehead atoms. The Labute approximate surface area is 112 Å². The average molecular weight is 267 g/mol. The number of hydrogen-bond donors (Lipinski definition) is 0. The molecule has 1 unspecified atom stereocenters. The molecule has 0 fully saturated rings. The van der Waals surface area contributed by atoms with Crippen molar-refractivity contribution in [2.75, 3.05) is 0 Å². The van der Waals surface area contributed by atoms with Crippen molar-refractivity contribution in [2.24, 2.45) is 11.8 Å². The van der Waals surface area contributed by atoms with Crippen molar-refractivity contribution in [3.8, 4) is 0 Å². The minimum absolute atomic E-state index is 0.325. The summed E-state index contributed by atoms with van der Waals surface area (Å²) in [5, 5.41) is 0. The molecule has 0 N–H and O–H groups in total. The summed E-state index contributed by atoms with van der Waals surface area (Å²) in [5.74, 6) is 0.716. The Hall–Kier alpha value is 0.580. The van der Waals surface area contributed by atoms with E-state index in [4.69, 9.17) is 23.2 Å². The van der Waals surface area contributed by atoms with Gasteiger partial charge >= 0.3 is 0 Å². The first-order chi connectivity index (χ1) is 7.42. The molecule has 0 aromatic rings. The summed E-state index contributed by atoms with van der Waals surface area (Å²) in [6, 6.07) is 0. The van der Waals surface area contributed by atoms with Gasteiger partial charge in [0, 0.05) is 0 Å². The third-order valence-corrected chi connectivity index (χ3v) is 5.04. The molecule has 0 radical (unpaired) electrons. The molecule has 0 nitrogen and oxygen atoms in total. The van der Waals surface area contributed by atoms with Gasteiger partial charge in [0.2, 0.25) is 0 Å². The largest absolute Gasteiger partial charge is 0.123 e. The Morgan fingerprint density at radius 1 is 0.875 bits per heavy atom. The van der Waals surface area contributed by atoms with Crippen molar-refractivity contribution in [1.29, 1.82) is 0 Å². The van der Waals surface area contributed by atoms with Gasteiger partial charge in [-0.05, 0) is 18.3 Å². The molecule has 16 heavy (non-hydrogen) atoms. The Morgan fingerprint density at radius 3 is 1.88 bits per heavy atom. The van der Waals surface area contributed by atoms with E-state index in [0.29, 0.717) is 11.8 Å². The van der Waals surface area contributed by atoms with E-state index >= 15 is 0 Å². The van der Waals surface area contributed by atoms with Gasteiger partial charge in [-0.25, -0.2) is 0 Å². The van der Waals surface area contributed by atoms with Crippen molar-refractivity contribution in [3.05, 3.63) is 0 Å². The average Bonchev–Trinajstić information content (AvgIpc) is 2.22. The Bertz CT molecular complexity index is 164. The first-order valence-corrected chi connectivity index (χ1v) is 7.56. The van der Waals surface area contributed by atoms with Crippen LogP contribution in [-0.2, 0) is 0 Å². The van der Waals surface area contributed by atoms with Crippen LogP contribution < -0.4 is 0 Å². The van der Waals surface area contributed by atoms with Crippen LogP contribution in [0.2, 0.25) is 0 Å². The maximum atomic E-state index is 6.35. The fraction of sp³-hybridized carbons (Fsp3) is 1.00. The standard InChI is InChI=1S/C14H28Cl2/c1-5-6-7-8-9-10-11-13(4)14(15,16)12(2)3/h12-13H,5-11H2,1-4H3. The van der Waals surface area contributed by atoms with Gasteiger partial charge in [-0.2, -0.15) is 0 Å². The predicted octanol–water partition coefficient (Wildman–Crippen LogP) is 6.20. The third-order valence-electron chi connectivity index (χ3n) is 3.42. The number of rotatable bonds is 9. The normalized spacial score (nSPS) is 14.4. The molecule has 2 heteroatoms. The molecule has 0 aliphatic rings. The van der Waals surface area contributed by atoms with Crippen LogP contribution in [-0.4, -0.2) is 4.33 Å². The molecule has 1 atom stereocenters. The van der Waals surface area contributed by atoms with Crippen molar-refractivity contribution in [3.63, 3.8) is 0 Å². The Kier molecular flexibility index (Phi) is 8.95. The minimum Gasteiger partial charge on any atom is -0.101 e. The van der Waals surface area contributed by atoms with Crippen LogP contribution in [0.1, 0.15) is 72.6 Å². The fourth-order valence-electron chi connectivity index (χ4n) is 1.99. The zero-order chi connectivity index (χ0) is 12.6. The summed E-state index contributed by atoms with van der Waals surface area (Å²) in [5.41, 5.74) is 0. The van der Waals surface area contributed by atoms with E-state index in [0.717, 1.165) is 6.42 Å². The number of unbranched alkanes of at least 4 members (excludes halogenated alkanes) is 5. The predicted molar refractivity (Wildman–Crippen MR) is 76.4 cm³/mol. The van der Waals surface area contributed by atoms with Crippen molar-refractivity contribution in [1.82, 2.24) is 0 Å². The van der Waals surface area contributed by atoms with Crippen LogP contribution in [0.25, 0.3) is 0 Å². The van der Waals surface area contributed by atoms with E-state index < -0.39 is 4.33 Å². The third kappa shape index (κ3) is 6.35. The summed E-state index contributed by atoms with van der Waals surface area (Å²) in [4.78, 5) is 0. The van der Waals surface area contributed by atoms with Crippen LogP contribution >= 0.6 is 23.2 Å². The van der Waals surface area contributed by atoms with Gasteiger partial charge in [-0.15, -0.1) is 23.2 Å². The summed E-state index contributed by atoms with van der Waals surface area (Å²) in [7, 11) is 0. The molecule has 0 amide bonds. The van der Waals surface area contributed by atoms with Gasteiger partial charge in [0.15, 0.2) is 0 Å². The molecule has 0 saturated carbocycles. The maximum Gasteiger partial charge on any atom is 0.123 e. The highest BCUT2D eigenvalue weighted by Crippen LogP contribution is 2.40. The molecule has 0 aliphatic carbocycles. The molecule has 0 saturated heterocycles. The number of alkyl halides is 2. The van der Waals surface area contributed by atoms with E-state index in [9.17, 15) is 0 Å². The van der Waals surface area contributed by atoms with Gasteiger partial charge in [-0.1, -0.05) is 66.2 Å². The van der Waals surface area contributed by atoms with Crippen LogP contribution in [0.5, 0.6) is 0 Å². The second kappa shape index (κ2) is 8.64. The van der Waals surface area contributed by atoms with E-state index in [2.05, 4.69) is 27.7 Å². The van der Waals surface area contributed by atoms with Crippen molar-refractivity contribution >= 4 is 23.2 Å². The van der Waals surface area contributed by atoms with E-state index in [1.807, 2.05) is 0 Å². The number of halogens is 2. The molecule has 0 rings (SSSR count). The van der Waals surface area contributed by atoms with Crippen LogP contribution in [0.3, 0.4) is 0 Å². The van der Waals surface area contributed by atoms with Crippen LogP contribution in [0, 0.1) is 11.8 Å². The summed E-state index contributed by atoms with van der Waals surface area (Å²) >= 11 is 12.7. The second-order valence-electron chi connectivity index (χ2n) is 5.29. The van der Waals surface area contributed by atoms with E-state index in [1.165, 1.54) is 38.5 Å². The first-order valence-electron chi connectivity index (χ1n) is 6.80. The van der Waals surface area contributed by atoms with E-state index in [1.54, 1.807) is 0 Å². The molecule has 0 aliphatic heterocycles. The van der Waals surface area contributed by atoms with Crippen molar-refractivity contribution in [2.45, 2.75) is 77.0 Å². The molecule has 0 heterocycles. The SMILES string of the molecule is CCCCCCCCC(C)C(Cl)(Cl)C(C)C. The van der Waals surface area contributed by atoms with E-state index in [-0.39, 0.29) is 0 Å². The van der Waals surface area contributed by atoms with Crippen LogP contribution in [0.15, 0.2) is 0 Å². The van der Waals surface area contributed by atoms with Crippen LogP contribution in [0.4, 0.5) is 0 Å². The highest BCUT2D eigenvalue weighted by atomic mass is 35.5. The fourth-order valence-corrected chi connectivity index (χ4v) is 2.21. The number of hydrogen-bond acceptors (Lipinski definition) is 0. The Morgan fingerprint density at radius 2 is 1.38 bits per heavy atom. The Balaban J connectivity index is 3.61. The lowest BCUT2D eigenvalue weighted by Crippen LogP contribution is -2.29. The molecular formula is C14H28Cl2. The molecule has 0 aromatic carbocycles. The van der Waals surface area contributed by atoms with Crippen molar-refractivity contribution < 1.29 is 0 Å². The topological polar surface area (TPSA) is 0 Å². The van der Waals surface area contributed by atoms with Gasteiger partial charge in [-0.3, -0.25) is 0 Å². The molecular weight excluding hydrogens is 239 g/mol. The lowest BCUT2D eigenvalue weighted by molar-refractivity contribution is 0.370. The molecule has 98 valence electrons. The molecule has 0 aromatic heterocycles. The van der Waals surface area contributed by atoms with Gasteiger partial charge in [0.25, 0.3) is 0 Å². The van der Waals surface area contributed by atoms with Gasteiger partial charge < -0.3 is 0 Å². The van der Waals surface area contributed by atoms with Gasteiger partial charge in [0.05, 0.1) is 0 Å². The first kappa shape index (κ1) is 16.6. The summed E-state index contributed by atoms with van der Waals surface area (Å²) in [6.45, 7) is 8.61. The molecule has 0 spiro atoms. The second-order valence-corrected chi connectivity index (χ2v) is 6.73. The summed E-state index contributed by atoms with van der Waals surface area (Å²) in [6.07, 6.45) is 9.16. The lowest BCUT2D eigenvalue weighted by Gasteiger charge is -2.30. The highest BCUT2D eigenvalue weighted by molar-refractivity contribution is 6.48. The summed E-state index contributed by atoms with van der Waals surface area (Å²) < 4.78 is -0.552. The highest BCUT2D eigenvalue weighted by Gasteiger charge is 2.34. The van der Waals surface area contributed by atoms with Gasteiger partial charge in [0.1, 0.15) is 4.33 Å². The maximum absolute atomic E-state index is 6.35. The zero-order valence-electron chi connectivity index (χ0n) is 11.4. The quantitative estimate of drug-likeness (QED) is 0.344. The minimum atomic E-state index is -0.552.